The van der Waals surface area contributed by atoms with Crippen LogP contribution in [0, 0.1) is 5.92 Å². The zero-order valence-electron chi connectivity index (χ0n) is 13.7. The molecule has 7 nitrogen and oxygen atoms in total. The standard InChI is InChI=1S/C15H25N7/c1-12(2)11-22-8-7-17-14(22)10-19-15(16-3)18-9-13-5-6-20-21(13)4/h5-8,12H,9-11H2,1-4H3,(H2,16,18,19). The monoisotopic (exact) mass is 303 g/mol. The van der Waals surface area contributed by atoms with Gasteiger partial charge in [-0.3, -0.25) is 9.67 Å². The molecule has 2 aromatic rings. The number of aliphatic imine (C=N–C) groups is 1. The Bertz CT molecular complexity index is 609. The van der Waals surface area contributed by atoms with Crippen molar-refractivity contribution in [3.8, 4) is 0 Å². The van der Waals surface area contributed by atoms with Gasteiger partial charge in [0, 0.05) is 39.2 Å². The first kappa shape index (κ1) is 16.1. The molecule has 2 rings (SSSR count). The van der Waals surface area contributed by atoms with E-state index >= 15 is 0 Å². The Balaban J connectivity index is 1.86. The molecule has 22 heavy (non-hydrogen) atoms. The van der Waals surface area contributed by atoms with Crippen molar-refractivity contribution in [3.05, 3.63) is 36.2 Å². The van der Waals surface area contributed by atoms with Gasteiger partial charge in [0.15, 0.2) is 5.96 Å². The summed E-state index contributed by atoms with van der Waals surface area (Å²) < 4.78 is 4.02. The van der Waals surface area contributed by atoms with Crippen LogP contribution in [0.4, 0.5) is 0 Å². The molecular weight excluding hydrogens is 278 g/mol. The summed E-state index contributed by atoms with van der Waals surface area (Å²) in [5, 5.41) is 10.7. The third kappa shape index (κ3) is 4.34. The molecular formula is C15H25N7. The van der Waals surface area contributed by atoms with E-state index in [1.54, 1.807) is 13.2 Å². The van der Waals surface area contributed by atoms with Crippen molar-refractivity contribution in [1.82, 2.24) is 30.0 Å². The zero-order valence-corrected chi connectivity index (χ0v) is 13.7. The van der Waals surface area contributed by atoms with Crippen molar-refractivity contribution in [2.24, 2.45) is 18.0 Å². The highest BCUT2D eigenvalue weighted by Gasteiger charge is 2.06. The minimum absolute atomic E-state index is 0.593. The lowest BCUT2D eigenvalue weighted by Crippen LogP contribution is -2.37. The lowest BCUT2D eigenvalue weighted by molar-refractivity contribution is 0.503. The van der Waals surface area contributed by atoms with E-state index in [4.69, 9.17) is 0 Å². The fourth-order valence-corrected chi connectivity index (χ4v) is 2.20. The summed E-state index contributed by atoms with van der Waals surface area (Å²) in [5.74, 6) is 2.35. The smallest absolute Gasteiger partial charge is 0.191 e. The first-order chi connectivity index (χ1) is 10.6. The van der Waals surface area contributed by atoms with E-state index in [0.29, 0.717) is 19.0 Å². The van der Waals surface area contributed by atoms with E-state index in [2.05, 4.69) is 44.1 Å². The van der Waals surface area contributed by atoms with Gasteiger partial charge < -0.3 is 15.2 Å². The molecule has 0 bridgehead atoms. The van der Waals surface area contributed by atoms with Crippen LogP contribution >= 0.6 is 0 Å². The maximum atomic E-state index is 4.40. The number of hydrogen-bond acceptors (Lipinski definition) is 3. The number of aromatic nitrogens is 4. The SMILES string of the molecule is CN=C(NCc1nccn1CC(C)C)NCc1ccnn1C. The number of nitrogens with one attached hydrogen (secondary N) is 2. The summed E-state index contributed by atoms with van der Waals surface area (Å²) in [6.45, 7) is 6.69. The van der Waals surface area contributed by atoms with Crippen molar-refractivity contribution in [3.63, 3.8) is 0 Å². The van der Waals surface area contributed by atoms with E-state index in [1.807, 2.05) is 30.2 Å². The zero-order chi connectivity index (χ0) is 15.9. The minimum Gasteiger partial charge on any atom is -0.351 e. The van der Waals surface area contributed by atoms with E-state index in [-0.39, 0.29) is 0 Å². The number of aryl methyl sites for hydroxylation is 1. The lowest BCUT2D eigenvalue weighted by Gasteiger charge is -2.14. The summed E-state index contributed by atoms with van der Waals surface area (Å²) >= 11 is 0. The van der Waals surface area contributed by atoms with Crippen molar-refractivity contribution in [1.29, 1.82) is 0 Å². The van der Waals surface area contributed by atoms with Crippen molar-refractivity contribution in [2.75, 3.05) is 7.05 Å². The van der Waals surface area contributed by atoms with E-state index in [0.717, 1.165) is 24.0 Å². The van der Waals surface area contributed by atoms with Gasteiger partial charge in [-0.2, -0.15) is 5.10 Å². The second-order valence-corrected chi connectivity index (χ2v) is 5.62. The molecule has 0 amide bonds. The van der Waals surface area contributed by atoms with E-state index in [9.17, 15) is 0 Å². The van der Waals surface area contributed by atoms with Gasteiger partial charge in [-0.15, -0.1) is 0 Å². The Morgan fingerprint density at radius 3 is 2.68 bits per heavy atom. The van der Waals surface area contributed by atoms with Crippen LogP contribution in [-0.2, 0) is 26.7 Å². The lowest BCUT2D eigenvalue weighted by atomic mass is 10.2. The topological polar surface area (TPSA) is 72.1 Å². The van der Waals surface area contributed by atoms with Crippen LogP contribution in [0.1, 0.15) is 25.4 Å². The fraction of sp³-hybridized carbons (Fsp3) is 0.533. The molecule has 0 saturated heterocycles. The molecule has 0 unspecified atom stereocenters. The molecule has 2 N–H and O–H groups in total. The molecule has 2 heterocycles. The third-order valence-electron chi connectivity index (χ3n) is 3.36. The highest BCUT2D eigenvalue weighted by atomic mass is 15.3. The highest BCUT2D eigenvalue weighted by molar-refractivity contribution is 5.79. The summed E-state index contributed by atoms with van der Waals surface area (Å²) in [6, 6.07) is 1.98. The maximum Gasteiger partial charge on any atom is 0.191 e. The average molecular weight is 303 g/mol. The summed E-state index contributed by atoms with van der Waals surface area (Å²) in [7, 11) is 3.69. The van der Waals surface area contributed by atoms with Gasteiger partial charge in [0.25, 0.3) is 0 Å². The van der Waals surface area contributed by atoms with Crippen molar-refractivity contribution < 1.29 is 0 Å². The quantitative estimate of drug-likeness (QED) is 0.620. The Hall–Kier alpha value is -2.31. The van der Waals surface area contributed by atoms with Gasteiger partial charge in [-0.05, 0) is 12.0 Å². The fourth-order valence-electron chi connectivity index (χ4n) is 2.20. The largest absolute Gasteiger partial charge is 0.351 e. The van der Waals surface area contributed by atoms with Crippen LogP contribution in [0.5, 0.6) is 0 Å². The summed E-state index contributed by atoms with van der Waals surface area (Å²) in [4.78, 5) is 8.64. The van der Waals surface area contributed by atoms with E-state index < -0.39 is 0 Å². The minimum atomic E-state index is 0.593. The van der Waals surface area contributed by atoms with Gasteiger partial charge in [-0.25, -0.2) is 4.98 Å². The molecule has 0 aliphatic carbocycles. The predicted molar refractivity (Wildman–Crippen MR) is 87.3 cm³/mol. The van der Waals surface area contributed by atoms with Crippen LogP contribution in [0.3, 0.4) is 0 Å². The Kier molecular flexibility index (Phi) is 5.57. The van der Waals surface area contributed by atoms with Gasteiger partial charge in [0.05, 0.1) is 18.8 Å². The Labute approximate surface area is 131 Å². The van der Waals surface area contributed by atoms with Crippen molar-refractivity contribution >= 4 is 5.96 Å². The summed E-state index contributed by atoms with van der Waals surface area (Å²) in [5.41, 5.74) is 1.10. The number of rotatable bonds is 6. The number of nitrogens with zero attached hydrogens (tertiary/aromatic N) is 5. The molecule has 0 spiro atoms. The highest BCUT2D eigenvalue weighted by Crippen LogP contribution is 2.03. The van der Waals surface area contributed by atoms with Crippen LogP contribution in [0.2, 0.25) is 0 Å². The van der Waals surface area contributed by atoms with Gasteiger partial charge >= 0.3 is 0 Å². The second kappa shape index (κ2) is 7.63. The molecule has 2 aromatic heterocycles. The van der Waals surface area contributed by atoms with Gasteiger partial charge in [-0.1, -0.05) is 13.8 Å². The number of guanidine groups is 1. The Morgan fingerprint density at radius 1 is 1.27 bits per heavy atom. The van der Waals surface area contributed by atoms with Crippen LogP contribution in [0.25, 0.3) is 0 Å². The summed E-state index contributed by atoms with van der Waals surface area (Å²) in [6.07, 6.45) is 5.64. The predicted octanol–water partition coefficient (Wildman–Crippen LogP) is 1.14. The number of imidazole rings is 1. The van der Waals surface area contributed by atoms with Gasteiger partial charge in [0.1, 0.15) is 5.82 Å². The molecule has 0 aliphatic heterocycles. The molecule has 0 fully saturated rings. The molecule has 0 atom stereocenters. The van der Waals surface area contributed by atoms with Crippen molar-refractivity contribution in [2.45, 2.75) is 33.5 Å². The van der Waals surface area contributed by atoms with Crippen LogP contribution < -0.4 is 10.6 Å². The Morgan fingerprint density at radius 2 is 2.05 bits per heavy atom. The molecule has 0 radical (unpaired) electrons. The first-order valence-corrected chi connectivity index (χ1v) is 7.51. The molecule has 0 aliphatic rings. The van der Waals surface area contributed by atoms with Crippen LogP contribution in [-0.4, -0.2) is 32.3 Å². The molecule has 0 aromatic carbocycles. The average Bonchev–Trinajstić information content (AvgIpc) is 3.08. The number of hydrogen-bond donors (Lipinski definition) is 2. The van der Waals surface area contributed by atoms with E-state index in [1.165, 1.54) is 0 Å². The van der Waals surface area contributed by atoms with Crippen LogP contribution in [0.15, 0.2) is 29.6 Å². The molecule has 0 saturated carbocycles. The normalized spacial score (nSPS) is 12.0. The van der Waals surface area contributed by atoms with Gasteiger partial charge in [0.2, 0.25) is 0 Å². The first-order valence-electron chi connectivity index (χ1n) is 7.51. The third-order valence-corrected chi connectivity index (χ3v) is 3.36. The molecule has 7 heteroatoms. The second-order valence-electron chi connectivity index (χ2n) is 5.62. The molecule has 120 valence electrons. The maximum absolute atomic E-state index is 4.40.